The van der Waals surface area contributed by atoms with Gasteiger partial charge in [-0.3, -0.25) is 9.59 Å². The minimum atomic E-state index is -0.525. The van der Waals surface area contributed by atoms with Gasteiger partial charge in [-0.25, -0.2) is 4.39 Å². The summed E-state index contributed by atoms with van der Waals surface area (Å²) in [6.07, 6.45) is 4.62. The maximum atomic E-state index is 13.1. The lowest BCUT2D eigenvalue weighted by atomic mass is 10.1. The van der Waals surface area contributed by atoms with Crippen molar-refractivity contribution in [1.29, 1.82) is 0 Å². The van der Waals surface area contributed by atoms with Gasteiger partial charge in [0, 0.05) is 24.7 Å². The summed E-state index contributed by atoms with van der Waals surface area (Å²) in [7, 11) is 0. The zero-order valence-electron chi connectivity index (χ0n) is 12.1. The summed E-state index contributed by atoms with van der Waals surface area (Å²) in [6, 6.07) is 4.35. The number of carbonyl (C=O) groups excluding carboxylic acids is 2. The van der Waals surface area contributed by atoms with Crippen molar-refractivity contribution < 1.29 is 14.0 Å². The number of rotatable bonds is 3. The maximum absolute atomic E-state index is 13.1. The highest BCUT2D eigenvalue weighted by atomic mass is 35.5. The third-order valence-corrected chi connectivity index (χ3v) is 4.77. The highest BCUT2D eigenvalue weighted by molar-refractivity contribution is 6.31. The fourth-order valence-corrected chi connectivity index (χ4v) is 3.47. The van der Waals surface area contributed by atoms with E-state index < -0.39 is 5.82 Å². The molecule has 3 rings (SSSR count). The van der Waals surface area contributed by atoms with Gasteiger partial charge in [0.2, 0.25) is 11.8 Å². The lowest BCUT2D eigenvalue weighted by molar-refractivity contribution is -0.129. The molecule has 1 N–H and O–H groups in total. The van der Waals surface area contributed by atoms with Crippen LogP contribution in [0.25, 0.3) is 0 Å². The van der Waals surface area contributed by atoms with Crippen LogP contribution in [0.3, 0.4) is 0 Å². The van der Waals surface area contributed by atoms with E-state index in [0.29, 0.717) is 18.3 Å². The molecule has 0 bridgehead atoms. The molecular formula is C16H18ClFN2O2. The summed E-state index contributed by atoms with van der Waals surface area (Å²) in [5, 5.41) is 2.68. The highest BCUT2D eigenvalue weighted by Crippen LogP contribution is 2.30. The Morgan fingerprint density at radius 2 is 2.05 bits per heavy atom. The van der Waals surface area contributed by atoms with E-state index >= 15 is 0 Å². The molecule has 0 spiro atoms. The molecule has 0 radical (unpaired) electrons. The minimum Gasteiger partial charge on any atom is -0.339 e. The zero-order chi connectivity index (χ0) is 15.7. The van der Waals surface area contributed by atoms with E-state index in [9.17, 15) is 14.0 Å². The topological polar surface area (TPSA) is 49.4 Å². The molecule has 2 fully saturated rings. The van der Waals surface area contributed by atoms with Crippen molar-refractivity contribution in [2.24, 2.45) is 5.92 Å². The van der Waals surface area contributed by atoms with Gasteiger partial charge < -0.3 is 10.2 Å². The normalized spacial score (nSPS) is 22.4. The number of hydrogen-bond acceptors (Lipinski definition) is 2. The summed E-state index contributed by atoms with van der Waals surface area (Å²) in [5.41, 5.74) is 0.447. The van der Waals surface area contributed by atoms with Gasteiger partial charge in [-0.15, -0.1) is 0 Å². The van der Waals surface area contributed by atoms with E-state index in [1.54, 1.807) is 0 Å². The maximum Gasteiger partial charge on any atom is 0.229 e. The highest BCUT2D eigenvalue weighted by Gasteiger charge is 2.38. The number of nitrogens with zero attached hydrogens (tertiary/aromatic N) is 1. The molecule has 2 aliphatic rings. The Morgan fingerprint density at radius 1 is 1.32 bits per heavy atom. The number of halogens is 2. The second kappa shape index (κ2) is 6.24. The minimum absolute atomic E-state index is 0.0344. The first-order valence-electron chi connectivity index (χ1n) is 7.60. The molecule has 0 unspecified atom stereocenters. The Bertz CT molecular complexity index is 602. The predicted molar refractivity (Wildman–Crippen MR) is 82.1 cm³/mol. The molecule has 1 aromatic rings. The lowest BCUT2D eigenvalue weighted by Crippen LogP contribution is -2.35. The molecule has 118 valence electrons. The number of hydrogen-bond donors (Lipinski definition) is 1. The first-order valence-corrected chi connectivity index (χ1v) is 7.98. The summed E-state index contributed by atoms with van der Waals surface area (Å²) >= 11 is 5.70. The Hall–Kier alpha value is -1.62. The standard InChI is InChI=1S/C16H18ClFN2O2/c17-13-8-11(5-6-14(13)18)19-16(22)10-7-15(21)20(9-10)12-3-1-2-4-12/h5-6,8,10,12H,1-4,7,9H2,(H,19,22)/t10-/m1/s1. The Balaban J connectivity index is 1.63. The fraction of sp³-hybridized carbons (Fsp3) is 0.500. The number of amides is 2. The van der Waals surface area contributed by atoms with Crippen molar-refractivity contribution in [2.45, 2.75) is 38.1 Å². The van der Waals surface area contributed by atoms with Crippen LogP contribution in [0.2, 0.25) is 5.02 Å². The predicted octanol–water partition coefficient (Wildman–Crippen LogP) is 3.21. The molecule has 22 heavy (non-hydrogen) atoms. The van der Waals surface area contributed by atoms with Crippen molar-refractivity contribution in [3.05, 3.63) is 29.0 Å². The van der Waals surface area contributed by atoms with Crippen LogP contribution in [-0.2, 0) is 9.59 Å². The van der Waals surface area contributed by atoms with Crippen LogP contribution in [0.1, 0.15) is 32.1 Å². The van der Waals surface area contributed by atoms with E-state index in [0.717, 1.165) is 25.7 Å². The number of likely N-dealkylation sites (tertiary alicyclic amines) is 1. The Morgan fingerprint density at radius 3 is 2.73 bits per heavy atom. The van der Waals surface area contributed by atoms with Crippen molar-refractivity contribution >= 4 is 29.1 Å². The van der Waals surface area contributed by atoms with E-state index in [2.05, 4.69) is 5.32 Å². The zero-order valence-corrected chi connectivity index (χ0v) is 12.9. The van der Waals surface area contributed by atoms with Crippen LogP contribution >= 0.6 is 11.6 Å². The van der Waals surface area contributed by atoms with E-state index in [-0.39, 0.29) is 29.2 Å². The molecule has 1 aliphatic heterocycles. The Labute approximate surface area is 133 Å². The second-order valence-corrected chi connectivity index (χ2v) is 6.41. The van der Waals surface area contributed by atoms with Crippen LogP contribution in [0.15, 0.2) is 18.2 Å². The van der Waals surface area contributed by atoms with Gasteiger partial charge in [0.1, 0.15) is 5.82 Å². The smallest absolute Gasteiger partial charge is 0.229 e. The summed E-state index contributed by atoms with van der Waals surface area (Å²) in [6.45, 7) is 0.476. The SMILES string of the molecule is O=C(Nc1ccc(F)c(Cl)c1)[C@@H]1CC(=O)N(C2CCCC2)C1. The molecule has 1 saturated heterocycles. The molecule has 1 aliphatic carbocycles. The molecule has 1 heterocycles. The average Bonchev–Trinajstić information content (AvgIpc) is 3.12. The van der Waals surface area contributed by atoms with Crippen LogP contribution in [0.4, 0.5) is 10.1 Å². The van der Waals surface area contributed by atoms with Crippen LogP contribution in [0.5, 0.6) is 0 Å². The average molecular weight is 325 g/mol. The molecule has 4 nitrogen and oxygen atoms in total. The fourth-order valence-electron chi connectivity index (χ4n) is 3.29. The van der Waals surface area contributed by atoms with E-state index in [1.807, 2.05) is 4.90 Å². The Kier molecular flexibility index (Phi) is 4.34. The van der Waals surface area contributed by atoms with E-state index in [4.69, 9.17) is 11.6 Å². The molecule has 1 aromatic carbocycles. The number of anilines is 1. The van der Waals surface area contributed by atoms with Gasteiger partial charge >= 0.3 is 0 Å². The molecule has 6 heteroatoms. The molecule has 1 saturated carbocycles. The number of nitrogens with one attached hydrogen (secondary N) is 1. The quantitative estimate of drug-likeness (QED) is 0.928. The third kappa shape index (κ3) is 3.09. The third-order valence-electron chi connectivity index (χ3n) is 4.48. The lowest BCUT2D eigenvalue weighted by Gasteiger charge is -2.23. The summed E-state index contributed by atoms with van der Waals surface area (Å²) < 4.78 is 13.1. The van der Waals surface area contributed by atoms with Gasteiger partial charge in [0.15, 0.2) is 0 Å². The summed E-state index contributed by atoms with van der Waals surface area (Å²) in [4.78, 5) is 26.2. The first kappa shape index (κ1) is 15.3. The van der Waals surface area contributed by atoms with Gasteiger partial charge in [-0.2, -0.15) is 0 Å². The van der Waals surface area contributed by atoms with Crippen LogP contribution in [-0.4, -0.2) is 29.3 Å². The van der Waals surface area contributed by atoms with Gasteiger partial charge in [0.25, 0.3) is 0 Å². The second-order valence-electron chi connectivity index (χ2n) is 6.00. The first-order chi connectivity index (χ1) is 10.5. The molecule has 2 amide bonds. The van der Waals surface area contributed by atoms with Crippen molar-refractivity contribution in [3.8, 4) is 0 Å². The number of benzene rings is 1. The van der Waals surface area contributed by atoms with Crippen molar-refractivity contribution in [2.75, 3.05) is 11.9 Å². The molecular weight excluding hydrogens is 307 g/mol. The van der Waals surface area contributed by atoms with Gasteiger partial charge in [-0.05, 0) is 31.0 Å². The van der Waals surface area contributed by atoms with E-state index in [1.165, 1.54) is 18.2 Å². The monoisotopic (exact) mass is 324 g/mol. The number of carbonyl (C=O) groups is 2. The van der Waals surface area contributed by atoms with Gasteiger partial charge in [-0.1, -0.05) is 24.4 Å². The molecule has 0 aromatic heterocycles. The largest absolute Gasteiger partial charge is 0.339 e. The summed E-state index contributed by atoms with van der Waals surface area (Å²) in [5.74, 6) is -1.03. The molecule has 1 atom stereocenters. The van der Waals surface area contributed by atoms with Crippen molar-refractivity contribution in [3.63, 3.8) is 0 Å². The van der Waals surface area contributed by atoms with Crippen LogP contribution in [0, 0.1) is 11.7 Å². The van der Waals surface area contributed by atoms with Crippen molar-refractivity contribution in [1.82, 2.24) is 4.90 Å². The van der Waals surface area contributed by atoms with Gasteiger partial charge in [0.05, 0.1) is 10.9 Å². The van der Waals surface area contributed by atoms with Crippen LogP contribution < -0.4 is 5.32 Å².